The summed E-state index contributed by atoms with van der Waals surface area (Å²) in [6.07, 6.45) is 1.65. The number of thioether (sulfide) groups is 1. The van der Waals surface area contributed by atoms with Crippen molar-refractivity contribution in [1.29, 1.82) is 0 Å². The van der Waals surface area contributed by atoms with Crippen LogP contribution in [0.4, 0.5) is 0 Å². The van der Waals surface area contributed by atoms with Crippen LogP contribution in [-0.2, 0) is 5.75 Å². The van der Waals surface area contributed by atoms with Gasteiger partial charge in [-0.1, -0.05) is 35.3 Å². The maximum absolute atomic E-state index is 12.0. The molecule has 21 heavy (non-hydrogen) atoms. The second-order valence-corrected chi connectivity index (χ2v) is 6.85. The molecule has 2 rings (SSSR count). The molecule has 0 atom stereocenters. The highest BCUT2D eigenvalue weighted by atomic mass is 35.5. The summed E-state index contributed by atoms with van der Waals surface area (Å²) in [6.45, 7) is 4.04. The Morgan fingerprint density at radius 3 is 2.71 bits per heavy atom. The predicted octanol–water partition coefficient (Wildman–Crippen LogP) is 5.26. The second-order valence-electron chi connectivity index (χ2n) is 4.10. The number of rotatable bonds is 6. The zero-order valence-electron chi connectivity index (χ0n) is 11.1. The Bertz CT molecular complexity index is 635. The molecule has 0 aliphatic carbocycles. The lowest BCUT2D eigenvalue weighted by Gasteiger charge is -2.07. The first-order valence-electron chi connectivity index (χ1n) is 6.15. The molecule has 1 heterocycles. The number of carbonyl (C=O) groups excluding carboxylic acids is 1. The van der Waals surface area contributed by atoms with E-state index in [-0.39, 0.29) is 5.91 Å². The van der Waals surface area contributed by atoms with E-state index in [9.17, 15) is 4.79 Å². The molecule has 2 nitrogen and oxygen atoms in total. The summed E-state index contributed by atoms with van der Waals surface area (Å²) in [4.78, 5) is 13.6. The number of carbonyl (C=O) groups is 1. The highest BCUT2D eigenvalue weighted by molar-refractivity contribution is 7.98. The van der Waals surface area contributed by atoms with Gasteiger partial charge >= 0.3 is 0 Å². The van der Waals surface area contributed by atoms with E-state index in [2.05, 4.69) is 11.9 Å². The molecule has 1 N–H and O–H groups in total. The van der Waals surface area contributed by atoms with Gasteiger partial charge in [-0.3, -0.25) is 4.79 Å². The van der Waals surface area contributed by atoms with Crippen molar-refractivity contribution < 1.29 is 4.79 Å². The van der Waals surface area contributed by atoms with E-state index in [1.54, 1.807) is 17.8 Å². The monoisotopic (exact) mass is 357 g/mol. The lowest BCUT2D eigenvalue weighted by atomic mass is 10.2. The number of amides is 1. The van der Waals surface area contributed by atoms with Gasteiger partial charge in [-0.25, -0.2) is 0 Å². The molecule has 0 saturated heterocycles. The van der Waals surface area contributed by atoms with Crippen LogP contribution in [-0.4, -0.2) is 12.5 Å². The number of hydrogen-bond acceptors (Lipinski definition) is 3. The average molecular weight is 358 g/mol. The van der Waals surface area contributed by atoms with Gasteiger partial charge in [0.25, 0.3) is 5.91 Å². The molecular formula is C15H13Cl2NOS2. The smallest absolute Gasteiger partial charge is 0.262 e. The fourth-order valence-corrected chi connectivity index (χ4v) is 4.44. The van der Waals surface area contributed by atoms with E-state index in [1.165, 1.54) is 11.3 Å². The van der Waals surface area contributed by atoms with Gasteiger partial charge in [0, 0.05) is 27.2 Å². The third-order valence-electron chi connectivity index (χ3n) is 2.68. The minimum Gasteiger partial charge on any atom is -0.348 e. The third kappa shape index (κ3) is 4.27. The molecular weight excluding hydrogens is 345 g/mol. The zero-order valence-corrected chi connectivity index (χ0v) is 14.2. The summed E-state index contributed by atoms with van der Waals surface area (Å²) in [6, 6.07) is 7.38. The van der Waals surface area contributed by atoms with Crippen LogP contribution in [0.3, 0.4) is 0 Å². The van der Waals surface area contributed by atoms with Crippen molar-refractivity contribution in [3.05, 3.63) is 62.8 Å². The molecule has 0 bridgehead atoms. The minimum atomic E-state index is -0.0855. The Balaban J connectivity index is 2.09. The highest BCUT2D eigenvalue weighted by Crippen LogP contribution is 2.34. The van der Waals surface area contributed by atoms with Crippen molar-refractivity contribution in [2.45, 2.75) is 10.6 Å². The Hall–Kier alpha value is -0.940. The molecule has 0 fully saturated rings. The van der Waals surface area contributed by atoms with Crippen LogP contribution in [0.1, 0.15) is 15.2 Å². The van der Waals surface area contributed by atoms with Gasteiger partial charge in [0.2, 0.25) is 0 Å². The molecule has 0 unspecified atom stereocenters. The van der Waals surface area contributed by atoms with Crippen molar-refractivity contribution in [3.8, 4) is 0 Å². The number of thiophene rings is 1. The maximum atomic E-state index is 12.0. The Kier molecular flexibility index (Phi) is 6.18. The minimum absolute atomic E-state index is 0.0855. The molecule has 0 saturated carbocycles. The lowest BCUT2D eigenvalue weighted by molar-refractivity contribution is 0.0959. The van der Waals surface area contributed by atoms with Crippen molar-refractivity contribution in [3.63, 3.8) is 0 Å². The summed E-state index contributed by atoms with van der Waals surface area (Å²) in [7, 11) is 0. The van der Waals surface area contributed by atoms with Gasteiger partial charge in [-0.15, -0.1) is 29.7 Å². The number of hydrogen-bond donors (Lipinski definition) is 1. The van der Waals surface area contributed by atoms with Crippen LogP contribution in [0.2, 0.25) is 10.0 Å². The van der Waals surface area contributed by atoms with Gasteiger partial charge in [0.15, 0.2) is 0 Å². The quantitative estimate of drug-likeness (QED) is 0.563. The largest absolute Gasteiger partial charge is 0.348 e. The van der Waals surface area contributed by atoms with Crippen molar-refractivity contribution in [2.75, 3.05) is 6.54 Å². The van der Waals surface area contributed by atoms with Gasteiger partial charge in [0.1, 0.15) is 4.88 Å². The molecule has 0 spiro atoms. The van der Waals surface area contributed by atoms with Crippen LogP contribution >= 0.6 is 46.3 Å². The molecule has 1 aromatic heterocycles. The van der Waals surface area contributed by atoms with E-state index in [0.29, 0.717) is 27.2 Å². The van der Waals surface area contributed by atoms with Crippen molar-refractivity contribution in [2.24, 2.45) is 0 Å². The van der Waals surface area contributed by atoms with Crippen molar-refractivity contribution >= 4 is 52.2 Å². The second kappa shape index (κ2) is 7.90. The van der Waals surface area contributed by atoms with Crippen LogP contribution in [0.25, 0.3) is 0 Å². The molecule has 0 aliphatic heterocycles. The molecule has 6 heteroatoms. The third-order valence-corrected chi connectivity index (χ3v) is 5.51. The van der Waals surface area contributed by atoms with E-state index >= 15 is 0 Å². The Labute approximate surface area is 142 Å². The zero-order chi connectivity index (χ0) is 15.2. The van der Waals surface area contributed by atoms with Crippen molar-refractivity contribution in [1.82, 2.24) is 5.32 Å². The first-order chi connectivity index (χ1) is 10.1. The number of benzene rings is 1. The van der Waals surface area contributed by atoms with Crippen LogP contribution in [0.5, 0.6) is 0 Å². The van der Waals surface area contributed by atoms with E-state index < -0.39 is 0 Å². The first-order valence-corrected chi connectivity index (χ1v) is 8.78. The summed E-state index contributed by atoms with van der Waals surface area (Å²) >= 11 is 15.3. The van der Waals surface area contributed by atoms with Gasteiger partial charge in [0.05, 0.1) is 0 Å². The van der Waals surface area contributed by atoms with E-state index in [0.717, 1.165) is 10.5 Å². The van der Waals surface area contributed by atoms with Crippen LogP contribution < -0.4 is 5.32 Å². The molecule has 1 aromatic carbocycles. The summed E-state index contributed by atoms with van der Waals surface area (Å²) in [5.74, 6) is 0.536. The average Bonchev–Trinajstić information content (AvgIpc) is 2.93. The standard InChI is InChI=1S/C15H13Cl2NOS2/c1-2-7-18-15(19)14-13(6-8-20-14)21-9-10-11(16)4-3-5-12(10)17/h2-6,8H,1,7,9H2,(H,18,19). The SMILES string of the molecule is C=CCNC(=O)c1sccc1SCc1c(Cl)cccc1Cl. The number of halogens is 2. The summed E-state index contributed by atoms with van der Waals surface area (Å²) in [5, 5.41) is 5.97. The first kappa shape index (κ1) is 16.4. The molecule has 0 radical (unpaired) electrons. The predicted molar refractivity (Wildman–Crippen MR) is 92.9 cm³/mol. The molecule has 2 aromatic rings. The fraction of sp³-hybridized carbons (Fsp3) is 0.133. The topological polar surface area (TPSA) is 29.1 Å². The maximum Gasteiger partial charge on any atom is 0.262 e. The highest BCUT2D eigenvalue weighted by Gasteiger charge is 2.14. The molecule has 0 aliphatic rings. The van der Waals surface area contributed by atoms with Crippen LogP contribution in [0, 0.1) is 0 Å². The Morgan fingerprint density at radius 2 is 2.05 bits per heavy atom. The normalized spacial score (nSPS) is 10.4. The molecule has 1 amide bonds. The Morgan fingerprint density at radius 1 is 1.33 bits per heavy atom. The van der Waals surface area contributed by atoms with E-state index in [4.69, 9.17) is 23.2 Å². The summed E-state index contributed by atoms with van der Waals surface area (Å²) < 4.78 is 0. The number of nitrogens with one attached hydrogen (secondary N) is 1. The van der Waals surface area contributed by atoms with Gasteiger partial charge in [-0.2, -0.15) is 0 Å². The van der Waals surface area contributed by atoms with Crippen LogP contribution in [0.15, 0.2) is 47.2 Å². The van der Waals surface area contributed by atoms with E-state index in [1.807, 2.05) is 29.6 Å². The fourth-order valence-electron chi connectivity index (χ4n) is 1.64. The van der Waals surface area contributed by atoms with Gasteiger partial charge in [-0.05, 0) is 29.1 Å². The van der Waals surface area contributed by atoms with Gasteiger partial charge < -0.3 is 5.32 Å². The lowest BCUT2D eigenvalue weighted by Crippen LogP contribution is -2.22. The summed E-state index contributed by atoms with van der Waals surface area (Å²) in [5.41, 5.74) is 0.884. The molecule has 110 valence electrons.